The zero-order chi connectivity index (χ0) is 12.0. The Bertz CT molecular complexity index is 562. The Hall–Kier alpha value is -1.26. The number of hydrogen-bond acceptors (Lipinski definition) is 3. The van der Waals surface area contributed by atoms with Crippen molar-refractivity contribution in [3.8, 4) is 5.75 Å². The number of nitrogens with zero attached hydrogens (tertiary/aromatic N) is 3. The van der Waals surface area contributed by atoms with Gasteiger partial charge in [-0.05, 0) is 12.1 Å². The maximum absolute atomic E-state index is 9.90. The fraction of sp³-hybridized carbons (Fsp3) is 0.273. The lowest BCUT2D eigenvalue weighted by molar-refractivity contribution is 0.459. The fourth-order valence-electron chi connectivity index (χ4n) is 2.25. The van der Waals surface area contributed by atoms with E-state index in [1.54, 1.807) is 18.5 Å². The summed E-state index contributed by atoms with van der Waals surface area (Å²) in [5.74, 6) is 1.19. The molecule has 88 valence electrons. The van der Waals surface area contributed by atoms with Gasteiger partial charge in [0.1, 0.15) is 17.9 Å². The number of phenols is 1. The Morgan fingerprint density at radius 2 is 2.18 bits per heavy atom. The summed E-state index contributed by atoms with van der Waals surface area (Å²) < 4.78 is 1.96. The molecule has 0 saturated carbocycles. The molecule has 3 rings (SSSR count). The zero-order valence-electron chi connectivity index (χ0n) is 8.77. The van der Waals surface area contributed by atoms with E-state index in [1.807, 2.05) is 4.57 Å². The summed E-state index contributed by atoms with van der Waals surface area (Å²) >= 11 is 12.1. The summed E-state index contributed by atoms with van der Waals surface area (Å²) in [5.41, 5.74) is 0.699. The van der Waals surface area contributed by atoms with E-state index < -0.39 is 0 Å². The van der Waals surface area contributed by atoms with Crippen molar-refractivity contribution >= 4 is 23.2 Å². The number of aromatic nitrogens is 3. The third-order valence-corrected chi connectivity index (χ3v) is 3.88. The monoisotopic (exact) mass is 269 g/mol. The Morgan fingerprint density at radius 1 is 1.35 bits per heavy atom. The molecule has 4 nitrogen and oxygen atoms in total. The van der Waals surface area contributed by atoms with Gasteiger partial charge >= 0.3 is 0 Å². The molecule has 0 aliphatic carbocycles. The predicted molar refractivity (Wildman–Crippen MR) is 64.6 cm³/mol. The summed E-state index contributed by atoms with van der Waals surface area (Å²) in [4.78, 5) is 0. The van der Waals surface area contributed by atoms with Gasteiger partial charge in [-0.2, -0.15) is 0 Å². The van der Waals surface area contributed by atoms with Crippen molar-refractivity contribution in [1.82, 2.24) is 14.8 Å². The van der Waals surface area contributed by atoms with Crippen LogP contribution < -0.4 is 0 Å². The van der Waals surface area contributed by atoms with Crippen LogP contribution >= 0.6 is 23.2 Å². The molecule has 1 aromatic carbocycles. The van der Waals surface area contributed by atoms with E-state index in [1.165, 1.54) is 0 Å². The number of halogens is 2. The lowest BCUT2D eigenvalue weighted by Gasteiger charge is -2.14. The van der Waals surface area contributed by atoms with Gasteiger partial charge in [-0.25, -0.2) is 0 Å². The number of fused-ring (bicyclic) bond motifs is 1. The number of rotatable bonds is 1. The number of phenolic OH excluding ortho intramolecular Hbond substituents is 1. The molecule has 0 fully saturated rings. The lowest BCUT2D eigenvalue weighted by atomic mass is 9.96. The van der Waals surface area contributed by atoms with E-state index in [0.717, 1.165) is 12.4 Å². The first kappa shape index (κ1) is 10.9. The molecule has 0 saturated heterocycles. The first-order chi connectivity index (χ1) is 8.16. The molecule has 17 heavy (non-hydrogen) atoms. The molecular weight excluding hydrogens is 261 g/mol. The minimum absolute atomic E-state index is 0.103. The molecule has 6 heteroatoms. The minimum Gasteiger partial charge on any atom is -0.508 e. The number of benzene rings is 1. The van der Waals surface area contributed by atoms with Crippen molar-refractivity contribution in [2.75, 3.05) is 0 Å². The van der Waals surface area contributed by atoms with Gasteiger partial charge in [0.25, 0.3) is 0 Å². The molecule has 1 aliphatic rings. The fourth-order valence-corrected chi connectivity index (χ4v) is 2.73. The maximum atomic E-state index is 9.90. The van der Waals surface area contributed by atoms with E-state index in [2.05, 4.69) is 10.2 Å². The van der Waals surface area contributed by atoms with Crippen LogP contribution in [0.3, 0.4) is 0 Å². The van der Waals surface area contributed by atoms with Crippen LogP contribution in [-0.2, 0) is 13.0 Å². The zero-order valence-corrected chi connectivity index (χ0v) is 10.3. The third-order valence-electron chi connectivity index (χ3n) is 3.06. The highest BCUT2D eigenvalue weighted by atomic mass is 35.5. The molecule has 2 aromatic rings. The van der Waals surface area contributed by atoms with Crippen molar-refractivity contribution in [1.29, 1.82) is 0 Å². The first-order valence-corrected chi connectivity index (χ1v) is 5.96. The molecule has 0 bridgehead atoms. The SMILES string of the molecule is Oc1ccc(Cl)c(Cl)c1C1Cc2nncn2C1. The largest absolute Gasteiger partial charge is 0.508 e. The molecule has 2 heterocycles. The molecule has 1 N–H and O–H groups in total. The van der Waals surface area contributed by atoms with Crippen LogP contribution in [0.2, 0.25) is 10.0 Å². The van der Waals surface area contributed by atoms with Crippen LogP contribution in [0.4, 0.5) is 0 Å². The van der Waals surface area contributed by atoms with Gasteiger partial charge in [-0.1, -0.05) is 23.2 Å². The molecule has 0 spiro atoms. The number of aromatic hydroxyl groups is 1. The lowest BCUT2D eigenvalue weighted by Crippen LogP contribution is -2.02. The van der Waals surface area contributed by atoms with Gasteiger partial charge in [-0.3, -0.25) is 0 Å². The standard InChI is InChI=1S/C11H9Cl2N3O/c12-7-1-2-8(17)10(11(7)13)6-3-9-15-14-5-16(9)4-6/h1-2,5-6,17H,3-4H2. The Labute approximate surface area is 108 Å². The summed E-state index contributed by atoms with van der Waals surface area (Å²) in [5, 5.41) is 18.6. The Kier molecular flexibility index (Phi) is 2.49. The second-order valence-corrected chi connectivity index (χ2v) is 4.88. The van der Waals surface area contributed by atoms with Crippen molar-refractivity contribution in [2.24, 2.45) is 0 Å². The van der Waals surface area contributed by atoms with E-state index in [9.17, 15) is 5.11 Å². The summed E-state index contributed by atoms with van der Waals surface area (Å²) in [6.45, 7) is 0.718. The molecule has 1 aliphatic heterocycles. The topological polar surface area (TPSA) is 50.9 Å². The van der Waals surface area contributed by atoms with E-state index in [-0.39, 0.29) is 11.7 Å². The molecular formula is C11H9Cl2N3O. The van der Waals surface area contributed by atoms with E-state index in [4.69, 9.17) is 23.2 Å². The van der Waals surface area contributed by atoms with Gasteiger partial charge in [0.15, 0.2) is 0 Å². The van der Waals surface area contributed by atoms with Crippen LogP contribution in [-0.4, -0.2) is 19.9 Å². The summed E-state index contributed by atoms with van der Waals surface area (Å²) in [7, 11) is 0. The van der Waals surface area contributed by atoms with Crippen molar-refractivity contribution in [2.45, 2.75) is 18.9 Å². The predicted octanol–water partition coefficient (Wildman–Crippen LogP) is 2.63. The van der Waals surface area contributed by atoms with Crippen molar-refractivity contribution < 1.29 is 5.11 Å². The molecule has 1 aromatic heterocycles. The minimum atomic E-state index is 0.103. The highest BCUT2D eigenvalue weighted by Gasteiger charge is 2.28. The van der Waals surface area contributed by atoms with Crippen LogP contribution in [0.15, 0.2) is 18.5 Å². The normalized spacial score (nSPS) is 18.4. The van der Waals surface area contributed by atoms with Crippen LogP contribution in [0, 0.1) is 0 Å². The van der Waals surface area contributed by atoms with Gasteiger partial charge < -0.3 is 9.67 Å². The quantitative estimate of drug-likeness (QED) is 0.866. The molecule has 1 atom stereocenters. The first-order valence-electron chi connectivity index (χ1n) is 5.20. The second kappa shape index (κ2) is 3.89. The van der Waals surface area contributed by atoms with E-state index >= 15 is 0 Å². The van der Waals surface area contributed by atoms with Crippen LogP contribution in [0.25, 0.3) is 0 Å². The van der Waals surface area contributed by atoms with Crippen molar-refractivity contribution in [3.63, 3.8) is 0 Å². The second-order valence-electron chi connectivity index (χ2n) is 4.09. The smallest absolute Gasteiger partial charge is 0.133 e. The van der Waals surface area contributed by atoms with Gasteiger partial charge in [0.2, 0.25) is 0 Å². The Balaban J connectivity index is 2.02. The molecule has 1 unspecified atom stereocenters. The maximum Gasteiger partial charge on any atom is 0.133 e. The molecule has 0 amide bonds. The molecule has 0 radical (unpaired) electrons. The van der Waals surface area contributed by atoms with E-state index in [0.29, 0.717) is 22.0 Å². The summed E-state index contributed by atoms with van der Waals surface area (Å²) in [6.07, 6.45) is 2.40. The highest BCUT2D eigenvalue weighted by molar-refractivity contribution is 6.42. The Morgan fingerprint density at radius 3 is 2.94 bits per heavy atom. The van der Waals surface area contributed by atoms with Gasteiger partial charge in [-0.15, -0.1) is 10.2 Å². The highest BCUT2D eigenvalue weighted by Crippen LogP contribution is 2.41. The average molecular weight is 270 g/mol. The summed E-state index contributed by atoms with van der Waals surface area (Å²) in [6, 6.07) is 3.17. The van der Waals surface area contributed by atoms with Crippen molar-refractivity contribution in [3.05, 3.63) is 39.9 Å². The van der Waals surface area contributed by atoms with Crippen LogP contribution in [0.1, 0.15) is 17.3 Å². The third kappa shape index (κ3) is 1.68. The average Bonchev–Trinajstić information content (AvgIpc) is 2.84. The van der Waals surface area contributed by atoms with Gasteiger partial charge in [0.05, 0.1) is 10.0 Å². The van der Waals surface area contributed by atoms with Gasteiger partial charge in [0, 0.05) is 24.4 Å². The number of hydrogen-bond donors (Lipinski definition) is 1. The van der Waals surface area contributed by atoms with Crippen LogP contribution in [0.5, 0.6) is 5.75 Å².